The Hall–Kier alpha value is -3.45. The summed E-state index contributed by atoms with van der Waals surface area (Å²) in [6.07, 6.45) is 0. The van der Waals surface area contributed by atoms with Crippen LogP contribution in [0.2, 0.25) is 0 Å². The lowest BCUT2D eigenvalue weighted by atomic mass is 10.1. The zero-order valence-electron chi connectivity index (χ0n) is 18.1. The van der Waals surface area contributed by atoms with Crippen molar-refractivity contribution in [2.75, 3.05) is 17.7 Å². The molecule has 160 valence electrons. The topological polar surface area (TPSA) is 84.5 Å². The molecule has 1 heterocycles. The SMILES string of the molecule is COC(=O)c1c(NC(=O)c2ccccc2C)sc(C(=O)Nc2cc(C)ccc2C)c1C. The number of thiophene rings is 1. The van der Waals surface area contributed by atoms with Crippen molar-refractivity contribution in [2.24, 2.45) is 0 Å². The molecule has 3 aromatic rings. The number of ether oxygens (including phenoxy) is 1. The maximum absolute atomic E-state index is 13.0. The van der Waals surface area contributed by atoms with E-state index in [1.807, 2.05) is 51.1 Å². The van der Waals surface area contributed by atoms with Crippen molar-refractivity contribution in [1.29, 1.82) is 0 Å². The van der Waals surface area contributed by atoms with E-state index in [1.165, 1.54) is 7.11 Å². The van der Waals surface area contributed by atoms with Gasteiger partial charge in [0.1, 0.15) is 5.00 Å². The smallest absolute Gasteiger partial charge is 0.341 e. The quantitative estimate of drug-likeness (QED) is 0.534. The van der Waals surface area contributed by atoms with Gasteiger partial charge >= 0.3 is 5.97 Å². The molecule has 0 unspecified atom stereocenters. The number of nitrogens with one attached hydrogen (secondary N) is 2. The summed E-state index contributed by atoms with van der Waals surface area (Å²) in [7, 11) is 1.27. The molecule has 6 nitrogen and oxygen atoms in total. The highest BCUT2D eigenvalue weighted by Gasteiger charge is 2.27. The van der Waals surface area contributed by atoms with Crippen LogP contribution in [0.5, 0.6) is 0 Å². The monoisotopic (exact) mass is 436 g/mol. The number of carbonyl (C=O) groups is 3. The average Bonchev–Trinajstić information content (AvgIpc) is 3.06. The van der Waals surface area contributed by atoms with E-state index in [-0.39, 0.29) is 22.4 Å². The summed E-state index contributed by atoms with van der Waals surface area (Å²) in [6.45, 7) is 7.35. The fourth-order valence-electron chi connectivity index (χ4n) is 3.21. The number of methoxy groups -OCH3 is 1. The average molecular weight is 437 g/mol. The van der Waals surface area contributed by atoms with Gasteiger partial charge < -0.3 is 15.4 Å². The molecule has 0 aliphatic rings. The molecule has 31 heavy (non-hydrogen) atoms. The van der Waals surface area contributed by atoms with E-state index >= 15 is 0 Å². The molecule has 0 saturated carbocycles. The van der Waals surface area contributed by atoms with E-state index in [4.69, 9.17) is 4.74 Å². The minimum absolute atomic E-state index is 0.181. The van der Waals surface area contributed by atoms with Crippen LogP contribution in [-0.4, -0.2) is 24.9 Å². The first-order chi connectivity index (χ1) is 14.7. The molecule has 0 bridgehead atoms. The first kappa shape index (κ1) is 22.2. The summed E-state index contributed by atoms with van der Waals surface area (Å²) in [5.74, 6) is -1.32. The molecule has 0 radical (unpaired) electrons. The zero-order chi connectivity index (χ0) is 22.7. The van der Waals surface area contributed by atoms with Gasteiger partial charge in [-0.1, -0.05) is 30.3 Å². The molecular weight excluding hydrogens is 412 g/mol. The van der Waals surface area contributed by atoms with Gasteiger partial charge in [-0.15, -0.1) is 11.3 Å². The van der Waals surface area contributed by atoms with Gasteiger partial charge in [-0.2, -0.15) is 0 Å². The minimum atomic E-state index is -0.611. The number of carbonyl (C=O) groups excluding carboxylic acids is 3. The van der Waals surface area contributed by atoms with E-state index in [0.29, 0.717) is 21.7 Å². The van der Waals surface area contributed by atoms with Gasteiger partial charge in [0.25, 0.3) is 11.8 Å². The van der Waals surface area contributed by atoms with Crippen LogP contribution < -0.4 is 10.6 Å². The van der Waals surface area contributed by atoms with Crippen molar-refractivity contribution < 1.29 is 19.1 Å². The molecule has 7 heteroatoms. The third kappa shape index (κ3) is 4.67. The van der Waals surface area contributed by atoms with Gasteiger partial charge in [0, 0.05) is 11.3 Å². The Kier molecular flexibility index (Phi) is 6.56. The van der Waals surface area contributed by atoms with Crippen LogP contribution in [0.15, 0.2) is 42.5 Å². The van der Waals surface area contributed by atoms with Crippen molar-refractivity contribution in [3.63, 3.8) is 0 Å². The minimum Gasteiger partial charge on any atom is -0.465 e. The molecule has 0 saturated heterocycles. The normalized spacial score (nSPS) is 10.5. The Morgan fingerprint density at radius 3 is 2.26 bits per heavy atom. The fraction of sp³-hybridized carbons (Fsp3) is 0.208. The molecule has 0 fully saturated rings. The maximum atomic E-state index is 13.0. The molecule has 0 aliphatic carbocycles. The summed E-state index contributed by atoms with van der Waals surface area (Å²) in [5.41, 5.74) is 4.58. The van der Waals surface area contributed by atoms with Crippen molar-refractivity contribution in [3.05, 3.63) is 80.7 Å². The number of rotatable bonds is 5. The molecule has 0 aliphatic heterocycles. The Balaban J connectivity index is 1.97. The van der Waals surface area contributed by atoms with Crippen molar-refractivity contribution in [2.45, 2.75) is 27.7 Å². The molecule has 1 aromatic heterocycles. The molecule has 0 atom stereocenters. The van der Waals surface area contributed by atoms with E-state index in [1.54, 1.807) is 19.1 Å². The van der Waals surface area contributed by atoms with Crippen molar-refractivity contribution in [3.8, 4) is 0 Å². The summed E-state index contributed by atoms with van der Waals surface area (Å²) in [5, 5.41) is 5.97. The number of amides is 2. The van der Waals surface area contributed by atoms with Crippen LogP contribution in [0, 0.1) is 27.7 Å². The highest BCUT2D eigenvalue weighted by atomic mass is 32.1. The van der Waals surface area contributed by atoms with Gasteiger partial charge in [-0.05, 0) is 62.1 Å². The molecule has 3 rings (SSSR count). The molecule has 2 aromatic carbocycles. The summed E-state index contributed by atoms with van der Waals surface area (Å²) >= 11 is 1.05. The zero-order valence-corrected chi connectivity index (χ0v) is 18.9. The summed E-state index contributed by atoms with van der Waals surface area (Å²) < 4.78 is 4.90. The summed E-state index contributed by atoms with van der Waals surface area (Å²) in [4.78, 5) is 38.6. The first-order valence-electron chi connectivity index (χ1n) is 9.70. The predicted octanol–water partition coefficient (Wildman–Crippen LogP) is 5.27. The Bertz CT molecular complexity index is 1180. The highest BCUT2D eigenvalue weighted by molar-refractivity contribution is 7.19. The number of aryl methyl sites for hydroxylation is 3. The fourth-order valence-corrected chi connectivity index (χ4v) is 4.30. The van der Waals surface area contributed by atoms with Crippen LogP contribution in [0.1, 0.15) is 52.6 Å². The van der Waals surface area contributed by atoms with E-state index in [0.717, 1.165) is 28.0 Å². The van der Waals surface area contributed by atoms with Crippen LogP contribution in [0.3, 0.4) is 0 Å². The third-order valence-corrected chi connectivity index (χ3v) is 6.21. The third-order valence-electron chi connectivity index (χ3n) is 5.00. The Morgan fingerprint density at radius 2 is 1.58 bits per heavy atom. The van der Waals surface area contributed by atoms with E-state index in [2.05, 4.69) is 10.6 Å². The van der Waals surface area contributed by atoms with Crippen LogP contribution in [0.25, 0.3) is 0 Å². The molecule has 2 amide bonds. The number of anilines is 2. The first-order valence-corrected chi connectivity index (χ1v) is 10.5. The van der Waals surface area contributed by atoms with Crippen LogP contribution in [0.4, 0.5) is 10.7 Å². The van der Waals surface area contributed by atoms with Gasteiger partial charge in [-0.25, -0.2) is 4.79 Å². The summed E-state index contributed by atoms with van der Waals surface area (Å²) in [6, 6.07) is 12.9. The predicted molar refractivity (Wildman–Crippen MR) is 123 cm³/mol. The Labute approximate surface area is 185 Å². The second kappa shape index (κ2) is 9.14. The van der Waals surface area contributed by atoms with Gasteiger partial charge in [0.05, 0.1) is 17.6 Å². The lowest BCUT2D eigenvalue weighted by Crippen LogP contribution is -2.15. The number of benzene rings is 2. The lowest BCUT2D eigenvalue weighted by molar-refractivity contribution is 0.0601. The van der Waals surface area contributed by atoms with Crippen molar-refractivity contribution in [1.82, 2.24) is 0 Å². The molecule has 2 N–H and O–H groups in total. The maximum Gasteiger partial charge on any atom is 0.341 e. The van der Waals surface area contributed by atoms with E-state index < -0.39 is 5.97 Å². The van der Waals surface area contributed by atoms with Crippen LogP contribution in [-0.2, 0) is 4.74 Å². The highest BCUT2D eigenvalue weighted by Crippen LogP contribution is 2.35. The Morgan fingerprint density at radius 1 is 0.871 bits per heavy atom. The van der Waals surface area contributed by atoms with E-state index in [9.17, 15) is 14.4 Å². The lowest BCUT2D eigenvalue weighted by Gasteiger charge is -2.09. The second-order valence-corrected chi connectivity index (χ2v) is 8.31. The number of hydrogen-bond acceptors (Lipinski definition) is 5. The van der Waals surface area contributed by atoms with Gasteiger partial charge in [0.15, 0.2) is 0 Å². The van der Waals surface area contributed by atoms with Crippen LogP contribution >= 0.6 is 11.3 Å². The largest absolute Gasteiger partial charge is 0.465 e. The standard InChI is InChI=1S/C24H24N2O4S/c1-13-10-11-15(3)18(12-13)25-22(28)20-16(4)19(24(29)30-5)23(31-20)26-21(27)17-9-7-6-8-14(17)2/h6-12H,1-5H3,(H,25,28)(H,26,27). The van der Waals surface area contributed by atoms with Gasteiger partial charge in [0.2, 0.25) is 0 Å². The second-order valence-electron chi connectivity index (χ2n) is 7.29. The molecular formula is C24H24N2O4S. The number of hydrogen-bond donors (Lipinski definition) is 2. The van der Waals surface area contributed by atoms with Gasteiger partial charge in [-0.3, -0.25) is 9.59 Å². The molecule has 0 spiro atoms. The van der Waals surface area contributed by atoms with Crippen molar-refractivity contribution >= 4 is 39.8 Å². The number of esters is 1.